The van der Waals surface area contributed by atoms with Crippen LogP contribution in [0.1, 0.15) is 23.9 Å². The Hall–Kier alpha value is -3.46. The molecule has 2 fully saturated rings. The molecule has 156 valence electrons. The summed E-state index contributed by atoms with van der Waals surface area (Å²) in [5, 5.41) is 1.33. The van der Waals surface area contributed by atoms with E-state index in [4.69, 9.17) is 9.15 Å². The fourth-order valence-corrected chi connectivity index (χ4v) is 5.31. The summed E-state index contributed by atoms with van der Waals surface area (Å²) in [6.07, 6.45) is 2.53. The molecule has 2 atom stereocenters. The van der Waals surface area contributed by atoms with Crippen molar-refractivity contribution < 1.29 is 18.7 Å². The van der Waals surface area contributed by atoms with E-state index < -0.39 is 0 Å². The van der Waals surface area contributed by atoms with E-state index in [2.05, 4.69) is 9.97 Å². The molecule has 0 saturated carbocycles. The molecule has 8 nitrogen and oxygen atoms in total. The third kappa shape index (κ3) is 3.04. The quantitative estimate of drug-likeness (QED) is 0.489. The van der Waals surface area contributed by atoms with Crippen LogP contribution < -0.4 is 4.74 Å². The summed E-state index contributed by atoms with van der Waals surface area (Å²) in [5.41, 5.74) is 1.23. The summed E-state index contributed by atoms with van der Waals surface area (Å²) in [6.45, 7) is 2.73. The Morgan fingerprint density at radius 3 is 2.77 bits per heavy atom. The zero-order valence-electron chi connectivity index (χ0n) is 16.6. The Balaban J connectivity index is 1.22. The van der Waals surface area contributed by atoms with Crippen molar-refractivity contribution in [1.29, 1.82) is 0 Å². The normalized spacial score (nSPS) is 20.2. The van der Waals surface area contributed by atoms with Crippen molar-refractivity contribution in [3.63, 3.8) is 0 Å². The van der Waals surface area contributed by atoms with Crippen LogP contribution in [0, 0.1) is 0 Å². The van der Waals surface area contributed by atoms with Crippen LogP contribution in [0.25, 0.3) is 21.3 Å². The van der Waals surface area contributed by atoms with Gasteiger partial charge in [-0.3, -0.25) is 9.59 Å². The summed E-state index contributed by atoms with van der Waals surface area (Å²) in [7, 11) is 0. The lowest BCUT2D eigenvalue weighted by atomic mass is 10.2. The molecule has 2 bridgehead atoms. The first kappa shape index (κ1) is 18.3. The maximum atomic E-state index is 13.0. The van der Waals surface area contributed by atoms with Gasteiger partial charge in [0.15, 0.2) is 11.4 Å². The second-order valence-corrected chi connectivity index (χ2v) is 8.88. The van der Waals surface area contributed by atoms with Gasteiger partial charge in [-0.05, 0) is 36.8 Å². The van der Waals surface area contributed by atoms with Crippen molar-refractivity contribution >= 4 is 44.5 Å². The molecule has 2 amide bonds. The number of furan rings is 1. The number of nitrogens with zero attached hydrogens (tertiary/aromatic N) is 4. The van der Waals surface area contributed by atoms with E-state index in [-0.39, 0.29) is 23.9 Å². The van der Waals surface area contributed by atoms with Gasteiger partial charge in [-0.15, -0.1) is 0 Å². The van der Waals surface area contributed by atoms with E-state index in [0.29, 0.717) is 41.0 Å². The molecule has 2 aliphatic heterocycles. The number of amides is 2. The van der Waals surface area contributed by atoms with Crippen LogP contribution in [-0.4, -0.2) is 56.8 Å². The van der Waals surface area contributed by atoms with Crippen molar-refractivity contribution in [2.45, 2.75) is 25.4 Å². The van der Waals surface area contributed by atoms with E-state index in [9.17, 15) is 9.59 Å². The molecule has 0 N–H and O–H groups in total. The van der Waals surface area contributed by atoms with Crippen molar-refractivity contribution in [2.75, 3.05) is 13.1 Å². The number of rotatable bonds is 3. The van der Waals surface area contributed by atoms with E-state index in [1.54, 1.807) is 25.3 Å². The van der Waals surface area contributed by atoms with Gasteiger partial charge in [-0.1, -0.05) is 11.3 Å². The fourth-order valence-electron chi connectivity index (χ4n) is 4.52. The number of likely N-dealkylation sites (tertiary alicyclic amines) is 2. The van der Waals surface area contributed by atoms with Crippen LogP contribution >= 0.6 is 11.3 Å². The zero-order chi connectivity index (χ0) is 21.1. The zero-order valence-corrected chi connectivity index (χ0v) is 17.5. The van der Waals surface area contributed by atoms with E-state index >= 15 is 0 Å². The van der Waals surface area contributed by atoms with Gasteiger partial charge in [0.1, 0.15) is 11.3 Å². The molecule has 6 rings (SSSR count). The smallest absolute Gasteiger partial charge is 0.289 e. The van der Waals surface area contributed by atoms with Crippen LogP contribution in [0.15, 0.2) is 47.0 Å². The number of ether oxygens (including phenoxy) is 1. The lowest BCUT2D eigenvalue weighted by Crippen LogP contribution is -2.50. The number of carbonyl (C=O) groups is 2. The highest BCUT2D eigenvalue weighted by atomic mass is 32.1. The fraction of sp³-hybridized carbons (Fsp3) is 0.273. The molecule has 2 aliphatic rings. The topological polar surface area (TPSA) is 88.8 Å². The van der Waals surface area contributed by atoms with Crippen molar-refractivity contribution in [3.05, 3.63) is 48.4 Å². The van der Waals surface area contributed by atoms with Crippen molar-refractivity contribution in [1.82, 2.24) is 19.8 Å². The second kappa shape index (κ2) is 6.78. The Bertz CT molecular complexity index is 1310. The molecule has 0 aliphatic carbocycles. The lowest BCUT2D eigenvalue weighted by molar-refractivity contribution is -0.130. The minimum atomic E-state index is -0.133. The molecule has 2 saturated heterocycles. The van der Waals surface area contributed by atoms with Crippen LogP contribution in [-0.2, 0) is 4.79 Å². The average Bonchev–Trinajstić information content (AvgIpc) is 3.53. The number of thiazole rings is 1. The number of piperazine rings is 1. The molecular weight excluding hydrogens is 416 g/mol. The molecule has 0 spiro atoms. The molecule has 0 radical (unpaired) electrons. The Morgan fingerprint density at radius 1 is 1.16 bits per heavy atom. The minimum absolute atomic E-state index is 0.0566. The lowest BCUT2D eigenvalue weighted by Gasteiger charge is -2.33. The Morgan fingerprint density at radius 2 is 2.00 bits per heavy atom. The third-order valence-corrected chi connectivity index (χ3v) is 6.85. The maximum Gasteiger partial charge on any atom is 0.289 e. The van der Waals surface area contributed by atoms with Crippen LogP contribution in [0.3, 0.4) is 0 Å². The number of hydrogen-bond acceptors (Lipinski definition) is 7. The summed E-state index contributed by atoms with van der Waals surface area (Å²) < 4.78 is 12.7. The molecule has 1 aromatic carbocycles. The van der Waals surface area contributed by atoms with Gasteiger partial charge in [0.25, 0.3) is 11.1 Å². The van der Waals surface area contributed by atoms with Crippen LogP contribution in [0.5, 0.6) is 10.9 Å². The summed E-state index contributed by atoms with van der Waals surface area (Å²) in [4.78, 5) is 37.0. The molecule has 9 heteroatoms. The van der Waals surface area contributed by atoms with Gasteiger partial charge in [-0.2, -0.15) is 4.98 Å². The number of fused-ring (bicyclic) bond motifs is 4. The molecule has 4 aromatic rings. The Kier molecular flexibility index (Phi) is 4.01. The molecule has 3 aromatic heterocycles. The number of aromatic nitrogens is 2. The molecule has 0 unspecified atom stereocenters. The monoisotopic (exact) mass is 434 g/mol. The predicted molar refractivity (Wildman–Crippen MR) is 114 cm³/mol. The molecule has 5 heterocycles. The van der Waals surface area contributed by atoms with E-state index in [1.807, 2.05) is 34.1 Å². The van der Waals surface area contributed by atoms with Crippen molar-refractivity contribution in [3.8, 4) is 10.9 Å². The molecular formula is C22H18N4O4S. The summed E-state index contributed by atoms with van der Waals surface area (Å²) in [6, 6.07) is 11.2. The van der Waals surface area contributed by atoms with Gasteiger partial charge in [0.05, 0.1) is 16.8 Å². The first-order valence-electron chi connectivity index (χ1n) is 10.1. The van der Waals surface area contributed by atoms with Crippen LogP contribution in [0.2, 0.25) is 0 Å². The van der Waals surface area contributed by atoms with Crippen LogP contribution in [0.4, 0.5) is 0 Å². The second-order valence-electron chi connectivity index (χ2n) is 7.89. The number of pyridine rings is 1. The van der Waals surface area contributed by atoms with Gasteiger partial charge >= 0.3 is 0 Å². The highest BCUT2D eigenvalue weighted by molar-refractivity contribution is 7.20. The van der Waals surface area contributed by atoms with Crippen molar-refractivity contribution in [2.24, 2.45) is 0 Å². The van der Waals surface area contributed by atoms with E-state index in [1.165, 1.54) is 11.3 Å². The first-order chi connectivity index (χ1) is 15.0. The van der Waals surface area contributed by atoms with Gasteiger partial charge in [0, 0.05) is 37.7 Å². The maximum absolute atomic E-state index is 13.0. The van der Waals surface area contributed by atoms with Gasteiger partial charge in [0.2, 0.25) is 5.91 Å². The first-order valence-corrected chi connectivity index (χ1v) is 10.9. The average molecular weight is 434 g/mol. The Labute approximate surface area is 181 Å². The highest BCUT2D eigenvalue weighted by Gasteiger charge is 2.46. The largest absolute Gasteiger partial charge is 0.451 e. The van der Waals surface area contributed by atoms with Gasteiger partial charge in [-0.25, -0.2) is 4.98 Å². The summed E-state index contributed by atoms with van der Waals surface area (Å²) in [5.74, 6) is 0.821. The van der Waals surface area contributed by atoms with E-state index in [0.717, 1.165) is 16.5 Å². The number of benzene rings is 1. The highest BCUT2D eigenvalue weighted by Crippen LogP contribution is 2.35. The standard InChI is InChI=1S/C22H18N4O4S/c1-12(27)25-10-15-8-14(25)11-26(15)21(28)18-7-13-4-5-16(9-17(13)30-18)29-22-24-20-19(31-22)3-2-6-23-20/h2-7,9,14-15H,8,10-11H2,1H3/t14-,15-/m0/s1. The van der Waals surface area contributed by atoms with Gasteiger partial charge < -0.3 is 19.0 Å². The third-order valence-electron chi connectivity index (χ3n) is 5.96. The minimum Gasteiger partial charge on any atom is -0.451 e. The number of hydrogen-bond donors (Lipinski definition) is 0. The predicted octanol–water partition coefficient (Wildman–Crippen LogP) is 3.68. The summed E-state index contributed by atoms with van der Waals surface area (Å²) >= 11 is 1.42. The number of carbonyl (C=O) groups excluding carboxylic acids is 2. The SMILES string of the molecule is CC(=O)N1C[C@@H]2C[C@H]1CN2C(=O)c1cc2ccc(Oc3nc4ncccc4s3)cc2o1. The molecule has 31 heavy (non-hydrogen) atoms.